The molecule has 0 unspecified atom stereocenters. The van der Waals surface area contributed by atoms with E-state index in [1.807, 2.05) is 38.2 Å². The molecule has 176 valence electrons. The first-order chi connectivity index (χ1) is 16.6. The molecule has 34 heavy (non-hydrogen) atoms. The number of nitrogens with one attached hydrogen (secondary N) is 2. The van der Waals surface area contributed by atoms with E-state index in [1.165, 1.54) is 0 Å². The van der Waals surface area contributed by atoms with E-state index in [-0.39, 0.29) is 11.8 Å². The first-order valence-electron chi connectivity index (χ1n) is 11.3. The Morgan fingerprint density at radius 3 is 2.59 bits per heavy atom. The van der Waals surface area contributed by atoms with Crippen molar-refractivity contribution in [1.29, 1.82) is 0 Å². The third kappa shape index (κ3) is 5.99. The van der Waals surface area contributed by atoms with Crippen LogP contribution in [0.3, 0.4) is 0 Å². The molecule has 0 aromatic carbocycles. The molecule has 1 amide bonds. The fourth-order valence-corrected chi connectivity index (χ4v) is 3.33. The number of aldehydes is 1. The lowest BCUT2D eigenvalue weighted by atomic mass is 10.1. The molecule has 1 saturated carbocycles. The van der Waals surface area contributed by atoms with Gasteiger partial charge in [-0.25, -0.2) is 15.0 Å². The maximum Gasteiger partial charge on any atom is 0.228 e. The molecule has 0 bridgehead atoms. The average molecular weight is 461 g/mol. The SMILES string of the molecule is CNc1cnc(C)c(-c2nccc(-c3ccnc(NC(=O)C4CC4)c3)n2)c1.O=CCC1COC1. The van der Waals surface area contributed by atoms with E-state index in [9.17, 15) is 9.59 Å². The van der Waals surface area contributed by atoms with Gasteiger partial charge in [0.1, 0.15) is 12.1 Å². The highest BCUT2D eigenvalue weighted by Gasteiger charge is 2.29. The van der Waals surface area contributed by atoms with Crippen molar-refractivity contribution in [3.8, 4) is 22.6 Å². The van der Waals surface area contributed by atoms with Crippen LogP contribution in [0.4, 0.5) is 11.5 Å². The van der Waals surface area contributed by atoms with E-state index < -0.39 is 0 Å². The summed E-state index contributed by atoms with van der Waals surface area (Å²) in [5, 5.41) is 5.96. The highest BCUT2D eigenvalue weighted by atomic mass is 16.5. The van der Waals surface area contributed by atoms with E-state index >= 15 is 0 Å². The Bertz CT molecular complexity index is 1160. The molecule has 1 saturated heterocycles. The van der Waals surface area contributed by atoms with Gasteiger partial charge in [-0.1, -0.05) is 0 Å². The Kier molecular flexibility index (Phi) is 7.54. The molecule has 2 fully saturated rings. The van der Waals surface area contributed by atoms with Gasteiger partial charge < -0.3 is 20.2 Å². The third-order valence-corrected chi connectivity index (χ3v) is 5.66. The van der Waals surface area contributed by atoms with Gasteiger partial charge in [0.25, 0.3) is 0 Å². The van der Waals surface area contributed by atoms with Gasteiger partial charge in [-0.3, -0.25) is 9.78 Å². The second kappa shape index (κ2) is 10.9. The molecule has 2 aliphatic rings. The van der Waals surface area contributed by atoms with Crippen LogP contribution in [0.1, 0.15) is 25.0 Å². The maximum atomic E-state index is 12.0. The number of aromatic nitrogens is 4. The van der Waals surface area contributed by atoms with Gasteiger partial charge in [-0.05, 0) is 44.0 Å². The minimum absolute atomic E-state index is 0.0357. The number of rotatable bonds is 7. The second-order valence-corrected chi connectivity index (χ2v) is 8.37. The number of aryl methyl sites for hydroxylation is 1. The zero-order valence-corrected chi connectivity index (χ0v) is 19.3. The Morgan fingerprint density at radius 2 is 1.94 bits per heavy atom. The zero-order chi connectivity index (χ0) is 23.9. The largest absolute Gasteiger partial charge is 0.387 e. The number of carbonyl (C=O) groups is 2. The van der Waals surface area contributed by atoms with Crippen LogP contribution in [0.25, 0.3) is 22.6 Å². The molecule has 0 atom stereocenters. The number of pyridine rings is 2. The number of nitrogens with zero attached hydrogens (tertiary/aromatic N) is 4. The maximum absolute atomic E-state index is 12.0. The molecule has 3 aromatic rings. The highest BCUT2D eigenvalue weighted by Crippen LogP contribution is 2.30. The number of hydrogen-bond acceptors (Lipinski definition) is 8. The van der Waals surface area contributed by atoms with Crippen LogP contribution in [0.5, 0.6) is 0 Å². The van der Waals surface area contributed by atoms with E-state index in [2.05, 4.69) is 25.6 Å². The van der Waals surface area contributed by atoms with Crippen LogP contribution in [0.2, 0.25) is 0 Å². The molecule has 3 aromatic heterocycles. The molecule has 5 rings (SSSR count). The van der Waals surface area contributed by atoms with Gasteiger partial charge in [0.15, 0.2) is 5.82 Å². The van der Waals surface area contributed by atoms with Crippen LogP contribution >= 0.6 is 0 Å². The minimum atomic E-state index is 0.0357. The number of anilines is 2. The topological polar surface area (TPSA) is 119 Å². The molecule has 9 heteroatoms. The summed E-state index contributed by atoms with van der Waals surface area (Å²) >= 11 is 0. The van der Waals surface area contributed by atoms with Gasteiger partial charge in [0.05, 0.1) is 30.8 Å². The number of hydrogen-bond donors (Lipinski definition) is 2. The summed E-state index contributed by atoms with van der Waals surface area (Å²) in [7, 11) is 1.85. The van der Waals surface area contributed by atoms with Crippen molar-refractivity contribution in [3.05, 3.63) is 48.5 Å². The van der Waals surface area contributed by atoms with Crippen LogP contribution in [-0.2, 0) is 14.3 Å². The highest BCUT2D eigenvalue weighted by molar-refractivity contribution is 5.93. The lowest BCUT2D eigenvalue weighted by Gasteiger charge is -2.23. The van der Waals surface area contributed by atoms with Crippen molar-refractivity contribution in [2.75, 3.05) is 30.9 Å². The zero-order valence-electron chi connectivity index (χ0n) is 19.3. The molecule has 1 aliphatic carbocycles. The van der Waals surface area contributed by atoms with Gasteiger partial charge in [-0.15, -0.1) is 0 Å². The summed E-state index contributed by atoms with van der Waals surface area (Å²) in [6.07, 6.45) is 8.73. The van der Waals surface area contributed by atoms with Crippen LogP contribution in [0, 0.1) is 18.8 Å². The van der Waals surface area contributed by atoms with Crippen molar-refractivity contribution >= 4 is 23.7 Å². The van der Waals surface area contributed by atoms with E-state index in [4.69, 9.17) is 9.72 Å². The standard InChI is InChI=1S/C20H20N6O.C5H8O2/c1-12-16(10-15(21-2)11-24-12)19-23-8-6-17(25-19)14-5-7-22-18(9-14)26-20(27)13-3-4-13;6-2-1-5-3-7-4-5/h5-11,13,21H,3-4H2,1-2H3,(H,22,26,27);2,5H,1,3-4H2. The lowest BCUT2D eigenvalue weighted by molar-refractivity contribution is -0.117. The Hall–Kier alpha value is -3.72. The van der Waals surface area contributed by atoms with Crippen LogP contribution in [-0.4, -0.2) is 52.4 Å². The number of carbonyl (C=O) groups excluding carboxylic acids is 2. The quantitative estimate of drug-likeness (QED) is 0.514. The molecule has 0 spiro atoms. The van der Waals surface area contributed by atoms with Gasteiger partial charge in [-0.2, -0.15) is 0 Å². The summed E-state index contributed by atoms with van der Waals surface area (Å²) in [5.41, 5.74) is 4.27. The predicted octanol–water partition coefficient (Wildman–Crippen LogP) is 3.52. The van der Waals surface area contributed by atoms with Crippen LogP contribution < -0.4 is 10.6 Å². The van der Waals surface area contributed by atoms with Gasteiger partial charge in [0.2, 0.25) is 5.91 Å². The van der Waals surface area contributed by atoms with E-state index in [0.717, 1.165) is 60.5 Å². The number of amides is 1. The van der Waals surface area contributed by atoms with Crippen LogP contribution in [0.15, 0.2) is 42.9 Å². The van der Waals surface area contributed by atoms with Crippen molar-refractivity contribution in [3.63, 3.8) is 0 Å². The van der Waals surface area contributed by atoms with Crippen molar-refractivity contribution in [2.45, 2.75) is 26.2 Å². The second-order valence-electron chi connectivity index (χ2n) is 8.37. The first kappa shape index (κ1) is 23.4. The molecular formula is C25H28N6O3. The molecule has 1 aliphatic heterocycles. The molecule has 2 N–H and O–H groups in total. The summed E-state index contributed by atoms with van der Waals surface area (Å²) in [5.74, 6) is 1.86. The predicted molar refractivity (Wildman–Crippen MR) is 129 cm³/mol. The number of ether oxygens (including phenoxy) is 1. The fourth-order valence-electron chi connectivity index (χ4n) is 3.33. The summed E-state index contributed by atoms with van der Waals surface area (Å²) < 4.78 is 4.83. The molecule has 4 heterocycles. The third-order valence-electron chi connectivity index (χ3n) is 5.66. The minimum Gasteiger partial charge on any atom is -0.387 e. The van der Waals surface area contributed by atoms with E-state index in [0.29, 0.717) is 24.0 Å². The summed E-state index contributed by atoms with van der Waals surface area (Å²) in [6.45, 7) is 3.51. The van der Waals surface area contributed by atoms with Crippen molar-refractivity contribution in [1.82, 2.24) is 19.9 Å². The fraction of sp³-hybridized carbons (Fsp3) is 0.360. The Labute approximate surface area is 198 Å². The molecule has 9 nitrogen and oxygen atoms in total. The molecular weight excluding hydrogens is 432 g/mol. The molecule has 0 radical (unpaired) electrons. The van der Waals surface area contributed by atoms with Gasteiger partial charge >= 0.3 is 0 Å². The first-order valence-corrected chi connectivity index (χ1v) is 11.3. The summed E-state index contributed by atoms with van der Waals surface area (Å²) in [4.78, 5) is 39.5. The summed E-state index contributed by atoms with van der Waals surface area (Å²) in [6, 6.07) is 7.53. The Morgan fingerprint density at radius 1 is 1.15 bits per heavy atom. The Balaban J connectivity index is 0.000000336. The normalized spacial score (nSPS) is 14.9. The van der Waals surface area contributed by atoms with Crippen molar-refractivity contribution in [2.24, 2.45) is 11.8 Å². The van der Waals surface area contributed by atoms with Gasteiger partial charge in [0, 0.05) is 54.5 Å². The van der Waals surface area contributed by atoms with E-state index in [1.54, 1.807) is 18.6 Å². The monoisotopic (exact) mass is 460 g/mol. The van der Waals surface area contributed by atoms with Crippen molar-refractivity contribution < 1.29 is 14.3 Å². The average Bonchev–Trinajstić information content (AvgIpc) is 3.68. The smallest absolute Gasteiger partial charge is 0.228 e. The lowest BCUT2D eigenvalue weighted by Crippen LogP contribution is -2.27.